The van der Waals surface area contributed by atoms with Crippen LogP contribution in [0.25, 0.3) is 0 Å². The second-order valence-corrected chi connectivity index (χ2v) is 4.66. The highest BCUT2D eigenvalue weighted by atomic mass is 19.1. The Morgan fingerprint density at radius 3 is 2.18 bits per heavy atom. The minimum absolute atomic E-state index is 0.0616. The Hall–Kier alpha value is -1.51. The Balaban J connectivity index is 2.76. The fraction of sp³-hybridized carbons (Fsp3) is 0.429. The topological polar surface area (TPSA) is 34.1 Å². The average Bonchev–Trinajstić information content (AvgIpc) is 2.27. The molecule has 1 aromatic carbocycles. The predicted molar refractivity (Wildman–Crippen MR) is 64.9 cm³/mol. The van der Waals surface area contributed by atoms with Crippen molar-refractivity contribution < 1.29 is 14.0 Å². The van der Waals surface area contributed by atoms with Gasteiger partial charge >= 0.3 is 0 Å². The molecule has 0 spiro atoms. The number of alkyl halides is 1. The molecule has 2 nitrogen and oxygen atoms in total. The van der Waals surface area contributed by atoms with Crippen LogP contribution < -0.4 is 0 Å². The van der Waals surface area contributed by atoms with E-state index >= 15 is 0 Å². The number of carbonyl (C=O) groups excluding carboxylic acids is 2. The van der Waals surface area contributed by atoms with Gasteiger partial charge in [0, 0.05) is 12.0 Å². The molecular weight excluding hydrogens is 219 g/mol. The highest BCUT2D eigenvalue weighted by molar-refractivity contribution is 6.13. The highest BCUT2D eigenvalue weighted by Gasteiger charge is 2.27. The molecule has 3 heteroatoms. The highest BCUT2D eigenvalue weighted by Crippen LogP contribution is 2.12. The van der Waals surface area contributed by atoms with Crippen LogP contribution >= 0.6 is 0 Å². The molecule has 0 aromatic heterocycles. The van der Waals surface area contributed by atoms with E-state index in [2.05, 4.69) is 0 Å². The molecule has 0 aliphatic heterocycles. The van der Waals surface area contributed by atoms with Gasteiger partial charge in [0.15, 0.2) is 5.78 Å². The standard InChI is InChI=1S/C14H17FO2/c1-9(2)8-12(16)13(15)14(17)11-6-4-10(3)5-7-11/h4-7,9,13H,8H2,1-3H3. The molecule has 92 valence electrons. The maximum Gasteiger partial charge on any atom is 0.220 e. The molecule has 0 fully saturated rings. The molecule has 0 bridgehead atoms. The summed E-state index contributed by atoms with van der Waals surface area (Å²) in [5, 5.41) is 0. The molecule has 17 heavy (non-hydrogen) atoms. The van der Waals surface area contributed by atoms with Crippen LogP contribution in [0.1, 0.15) is 36.2 Å². The van der Waals surface area contributed by atoms with Gasteiger partial charge in [-0.1, -0.05) is 43.7 Å². The van der Waals surface area contributed by atoms with E-state index in [0.717, 1.165) is 5.56 Å². The Kier molecular flexibility index (Phi) is 4.55. The molecule has 0 aliphatic carbocycles. The lowest BCUT2D eigenvalue weighted by Crippen LogP contribution is -2.26. The van der Waals surface area contributed by atoms with Crippen LogP contribution in [0.4, 0.5) is 4.39 Å². The Morgan fingerprint density at radius 2 is 1.71 bits per heavy atom. The number of Topliss-reactive ketones (excluding diaryl/α,β-unsaturated/α-hetero) is 2. The molecule has 1 atom stereocenters. The summed E-state index contributed by atoms with van der Waals surface area (Å²) in [6.07, 6.45) is -1.93. The average molecular weight is 236 g/mol. The molecule has 1 rings (SSSR count). The third-order valence-corrected chi connectivity index (χ3v) is 2.46. The summed E-state index contributed by atoms with van der Waals surface area (Å²) in [5.41, 5.74) is 1.24. The second-order valence-electron chi connectivity index (χ2n) is 4.66. The van der Waals surface area contributed by atoms with E-state index in [1.165, 1.54) is 0 Å². The van der Waals surface area contributed by atoms with Crippen molar-refractivity contribution in [3.8, 4) is 0 Å². The Labute approximate surface area is 101 Å². The van der Waals surface area contributed by atoms with Crippen LogP contribution in [-0.4, -0.2) is 17.7 Å². The van der Waals surface area contributed by atoms with Crippen molar-refractivity contribution in [3.05, 3.63) is 35.4 Å². The Morgan fingerprint density at radius 1 is 1.18 bits per heavy atom. The fourth-order valence-electron chi connectivity index (χ4n) is 1.52. The molecule has 0 amide bonds. The van der Waals surface area contributed by atoms with Crippen LogP contribution in [0.15, 0.2) is 24.3 Å². The van der Waals surface area contributed by atoms with Gasteiger partial charge in [0.2, 0.25) is 12.0 Å². The molecule has 0 aliphatic rings. The molecule has 0 heterocycles. The number of carbonyl (C=O) groups is 2. The van der Waals surface area contributed by atoms with Gasteiger partial charge in [0.05, 0.1) is 0 Å². The zero-order chi connectivity index (χ0) is 13.0. The number of hydrogen-bond donors (Lipinski definition) is 0. The van der Waals surface area contributed by atoms with Crippen molar-refractivity contribution in [2.45, 2.75) is 33.4 Å². The van der Waals surface area contributed by atoms with E-state index in [1.807, 2.05) is 20.8 Å². The number of hydrogen-bond acceptors (Lipinski definition) is 2. The normalized spacial score (nSPS) is 12.5. The number of aryl methyl sites for hydroxylation is 1. The molecule has 0 saturated carbocycles. The van der Waals surface area contributed by atoms with E-state index in [4.69, 9.17) is 0 Å². The fourth-order valence-corrected chi connectivity index (χ4v) is 1.52. The summed E-state index contributed by atoms with van der Waals surface area (Å²) in [6, 6.07) is 6.56. The van der Waals surface area contributed by atoms with E-state index in [9.17, 15) is 14.0 Å². The first kappa shape index (κ1) is 13.6. The van der Waals surface area contributed by atoms with E-state index < -0.39 is 17.7 Å². The minimum Gasteiger partial charge on any atom is -0.296 e. The second kappa shape index (κ2) is 5.71. The quantitative estimate of drug-likeness (QED) is 0.581. The van der Waals surface area contributed by atoms with Gasteiger partial charge in [-0.05, 0) is 12.8 Å². The monoisotopic (exact) mass is 236 g/mol. The van der Waals surface area contributed by atoms with E-state index in [1.54, 1.807) is 24.3 Å². The Bertz CT molecular complexity index is 407. The number of ketones is 2. The van der Waals surface area contributed by atoms with Crippen LogP contribution in [0, 0.1) is 12.8 Å². The van der Waals surface area contributed by atoms with Gasteiger partial charge < -0.3 is 0 Å². The maximum atomic E-state index is 13.6. The van der Waals surface area contributed by atoms with Gasteiger partial charge in [-0.15, -0.1) is 0 Å². The van der Waals surface area contributed by atoms with Crippen molar-refractivity contribution in [1.82, 2.24) is 0 Å². The zero-order valence-corrected chi connectivity index (χ0v) is 10.4. The summed E-state index contributed by atoms with van der Waals surface area (Å²) in [5.74, 6) is -1.31. The lowest BCUT2D eigenvalue weighted by molar-refractivity contribution is -0.122. The first-order valence-corrected chi connectivity index (χ1v) is 5.69. The van der Waals surface area contributed by atoms with Gasteiger partial charge in [-0.25, -0.2) is 4.39 Å². The number of benzene rings is 1. The molecule has 0 radical (unpaired) electrons. The first-order valence-electron chi connectivity index (χ1n) is 5.69. The first-order chi connectivity index (χ1) is 7.91. The molecule has 1 aromatic rings. The predicted octanol–water partition coefficient (Wildman–Crippen LogP) is 3.13. The van der Waals surface area contributed by atoms with Gasteiger partial charge in [-0.2, -0.15) is 0 Å². The summed E-state index contributed by atoms with van der Waals surface area (Å²) in [7, 11) is 0. The van der Waals surface area contributed by atoms with E-state index in [-0.39, 0.29) is 17.9 Å². The van der Waals surface area contributed by atoms with Crippen molar-refractivity contribution in [1.29, 1.82) is 0 Å². The summed E-state index contributed by atoms with van der Waals surface area (Å²) >= 11 is 0. The number of halogens is 1. The molecule has 1 unspecified atom stereocenters. The largest absolute Gasteiger partial charge is 0.296 e. The zero-order valence-electron chi connectivity index (χ0n) is 10.4. The number of rotatable bonds is 5. The van der Waals surface area contributed by atoms with Crippen LogP contribution in [0.5, 0.6) is 0 Å². The van der Waals surface area contributed by atoms with Crippen molar-refractivity contribution >= 4 is 11.6 Å². The summed E-state index contributed by atoms with van der Waals surface area (Å²) in [4.78, 5) is 23.1. The lowest BCUT2D eigenvalue weighted by atomic mass is 9.98. The minimum atomic E-state index is -2.03. The molecule has 0 N–H and O–H groups in total. The smallest absolute Gasteiger partial charge is 0.220 e. The summed E-state index contributed by atoms with van der Waals surface area (Å²) < 4.78 is 13.6. The third kappa shape index (κ3) is 3.77. The van der Waals surface area contributed by atoms with Crippen LogP contribution in [0.2, 0.25) is 0 Å². The van der Waals surface area contributed by atoms with Gasteiger partial charge in [0.1, 0.15) is 0 Å². The van der Waals surface area contributed by atoms with Crippen molar-refractivity contribution in [2.75, 3.05) is 0 Å². The molecule has 0 saturated heterocycles. The van der Waals surface area contributed by atoms with Crippen molar-refractivity contribution in [2.24, 2.45) is 5.92 Å². The lowest BCUT2D eigenvalue weighted by Gasteiger charge is -2.08. The van der Waals surface area contributed by atoms with Crippen LogP contribution in [-0.2, 0) is 4.79 Å². The third-order valence-electron chi connectivity index (χ3n) is 2.46. The molecular formula is C14H17FO2. The van der Waals surface area contributed by atoms with Gasteiger partial charge in [-0.3, -0.25) is 9.59 Å². The maximum absolute atomic E-state index is 13.6. The summed E-state index contributed by atoms with van der Waals surface area (Å²) in [6.45, 7) is 5.52. The van der Waals surface area contributed by atoms with Gasteiger partial charge in [0.25, 0.3) is 0 Å². The van der Waals surface area contributed by atoms with Crippen LogP contribution in [0.3, 0.4) is 0 Å². The SMILES string of the molecule is Cc1ccc(C(=O)C(F)C(=O)CC(C)C)cc1. The van der Waals surface area contributed by atoms with Crippen molar-refractivity contribution in [3.63, 3.8) is 0 Å². The van der Waals surface area contributed by atoms with E-state index in [0.29, 0.717) is 0 Å².